The SMILES string of the molecule is CN1CCN(c2ccc(C(=O)N3CCC4(CC3)CN=C(NC(=O)c3nc(Cl)c(N)nc3N)N4)cn2)CC1. The van der Waals surface area contributed by atoms with Gasteiger partial charge in [-0.15, -0.1) is 0 Å². The van der Waals surface area contributed by atoms with Crippen LogP contribution in [0.4, 0.5) is 17.5 Å². The van der Waals surface area contributed by atoms with Crippen molar-refractivity contribution < 1.29 is 9.59 Å². The first-order valence-electron chi connectivity index (χ1n) is 12.1. The van der Waals surface area contributed by atoms with E-state index in [1.54, 1.807) is 6.20 Å². The van der Waals surface area contributed by atoms with Crippen LogP contribution in [0, 0.1) is 0 Å². The number of aromatic nitrogens is 3. The lowest BCUT2D eigenvalue weighted by atomic mass is 9.88. The maximum absolute atomic E-state index is 13.1. The van der Waals surface area contributed by atoms with Gasteiger partial charge in [-0.3, -0.25) is 19.9 Å². The Bertz CT molecular complexity index is 1220. The summed E-state index contributed by atoms with van der Waals surface area (Å²) in [5, 5.41) is 5.88. The summed E-state index contributed by atoms with van der Waals surface area (Å²) in [6.45, 7) is 5.46. The van der Waals surface area contributed by atoms with Crippen LogP contribution in [0.5, 0.6) is 0 Å². The van der Waals surface area contributed by atoms with Gasteiger partial charge in [0.2, 0.25) is 0 Å². The van der Waals surface area contributed by atoms with E-state index in [0.717, 1.165) is 32.0 Å². The van der Waals surface area contributed by atoms with Gasteiger partial charge in [0.15, 0.2) is 28.4 Å². The summed E-state index contributed by atoms with van der Waals surface area (Å²) < 4.78 is 0. The minimum Gasteiger partial charge on any atom is -0.382 e. The number of hydrogen-bond donors (Lipinski definition) is 4. The molecule has 0 radical (unpaired) electrons. The van der Waals surface area contributed by atoms with E-state index in [1.807, 2.05) is 17.0 Å². The zero-order valence-corrected chi connectivity index (χ0v) is 21.3. The number of pyridine rings is 1. The molecule has 2 saturated heterocycles. The first-order chi connectivity index (χ1) is 17.7. The number of carbonyl (C=O) groups excluding carboxylic acids is 2. The number of carbonyl (C=O) groups is 2. The van der Waals surface area contributed by atoms with E-state index in [4.69, 9.17) is 23.1 Å². The molecule has 2 aromatic heterocycles. The summed E-state index contributed by atoms with van der Waals surface area (Å²) in [7, 11) is 2.11. The molecule has 0 aliphatic carbocycles. The summed E-state index contributed by atoms with van der Waals surface area (Å²) in [5.74, 6) is 0.435. The number of guanidine groups is 1. The van der Waals surface area contributed by atoms with E-state index in [1.165, 1.54) is 0 Å². The molecule has 0 saturated carbocycles. The second-order valence-electron chi connectivity index (χ2n) is 9.65. The number of likely N-dealkylation sites (tertiary alicyclic amines) is 1. The third-order valence-electron chi connectivity index (χ3n) is 7.11. The van der Waals surface area contributed by atoms with Crippen LogP contribution in [-0.4, -0.2) is 101 Å². The number of nitrogens with two attached hydrogens (primary N) is 2. The van der Waals surface area contributed by atoms with Crippen molar-refractivity contribution in [1.29, 1.82) is 0 Å². The number of anilines is 3. The molecule has 2 amide bonds. The van der Waals surface area contributed by atoms with Crippen molar-refractivity contribution >= 4 is 46.8 Å². The second kappa shape index (κ2) is 9.98. The number of likely N-dealkylation sites (N-methyl/N-ethyl adjacent to an activating group) is 1. The molecule has 2 aromatic rings. The smallest absolute Gasteiger partial charge is 0.280 e. The monoisotopic (exact) mass is 527 g/mol. The molecule has 5 heterocycles. The van der Waals surface area contributed by atoms with Crippen LogP contribution >= 0.6 is 11.6 Å². The fraction of sp³-hybridized carbons (Fsp3) is 0.478. The quantitative estimate of drug-likeness (QED) is 0.419. The highest BCUT2D eigenvalue weighted by Gasteiger charge is 2.40. The van der Waals surface area contributed by atoms with Crippen molar-refractivity contribution in [2.24, 2.45) is 4.99 Å². The van der Waals surface area contributed by atoms with Gasteiger partial charge in [-0.25, -0.2) is 15.0 Å². The summed E-state index contributed by atoms with van der Waals surface area (Å²) in [6, 6.07) is 3.78. The number of hydrogen-bond acceptors (Lipinski definition) is 11. The summed E-state index contributed by atoms with van der Waals surface area (Å²) in [5.41, 5.74) is 11.5. The fourth-order valence-corrected chi connectivity index (χ4v) is 4.87. The van der Waals surface area contributed by atoms with Crippen molar-refractivity contribution in [1.82, 2.24) is 35.4 Å². The Hall–Kier alpha value is -3.71. The van der Waals surface area contributed by atoms with E-state index >= 15 is 0 Å². The molecule has 3 aliphatic rings. The number of aliphatic imine (C=N–C) groups is 1. The Morgan fingerprint density at radius 3 is 2.46 bits per heavy atom. The molecule has 0 bridgehead atoms. The van der Waals surface area contributed by atoms with Gasteiger partial charge >= 0.3 is 0 Å². The van der Waals surface area contributed by atoms with Crippen LogP contribution < -0.4 is 27.0 Å². The fourth-order valence-electron chi connectivity index (χ4n) is 4.75. The highest BCUT2D eigenvalue weighted by Crippen LogP contribution is 2.27. The third kappa shape index (κ3) is 5.23. The first kappa shape index (κ1) is 25.0. The minimum atomic E-state index is -0.588. The van der Waals surface area contributed by atoms with Crippen molar-refractivity contribution in [3.63, 3.8) is 0 Å². The average Bonchev–Trinajstić information content (AvgIpc) is 3.28. The summed E-state index contributed by atoms with van der Waals surface area (Å²) in [4.78, 5) is 48.8. The number of rotatable bonds is 3. The van der Waals surface area contributed by atoms with Gasteiger partial charge in [0, 0.05) is 45.5 Å². The van der Waals surface area contributed by atoms with E-state index < -0.39 is 5.91 Å². The van der Waals surface area contributed by atoms with E-state index in [0.29, 0.717) is 44.0 Å². The number of nitrogens with zero attached hydrogens (tertiary/aromatic N) is 7. The molecular formula is C23H30ClN11O2. The Kier molecular flexibility index (Phi) is 6.73. The predicted octanol–water partition coefficient (Wildman–Crippen LogP) is -0.195. The van der Waals surface area contributed by atoms with Gasteiger partial charge in [-0.05, 0) is 32.0 Å². The van der Waals surface area contributed by atoms with Crippen LogP contribution in [0.1, 0.15) is 33.7 Å². The zero-order valence-electron chi connectivity index (χ0n) is 20.6. The second-order valence-corrected chi connectivity index (χ2v) is 10.0. The molecule has 0 unspecified atom stereocenters. The van der Waals surface area contributed by atoms with Gasteiger partial charge in [0.25, 0.3) is 11.8 Å². The normalized spacial score (nSPS) is 19.5. The molecule has 6 N–H and O–H groups in total. The largest absolute Gasteiger partial charge is 0.382 e. The van der Waals surface area contributed by atoms with Gasteiger partial charge in [-0.2, -0.15) is 0 Å². The van der Waals surface area contributed by atoms with Gasteiger partial charge in [-0.1, -0.05) is 11.6 Å². The lowest BCUT2D eigenvalue weighted by Crippen LogP contribution is -2.57. The number of piperazine rings is 1. The number of nitrogens with one attached hydrogen (secondary N) is 2. The van der Waals surface area contributed by atoms with Crippen LogP contribution in [0.3, 0.4) is 0 Å². The van der Waals surface area contributed by atoms with Crippen molar-refractivity contribution in [2.75, 3.05) is 69.2 Å². The minimum absolute atomic E-state index is 0.0333. The van der Waals surface area contributed by atoms with Gasteiger partial charge in [0.05, 0.1) is 17.6 Å². The van der Waals surface area contributed by atoms with E-state index in [2.05, 4.69) is 47.4 Å². The Morgan fingerprint density at radius 1 is 1.05 bits per heavy atom. The number of halogens is 1. The summed E-state index contributed by atoms with van der Waals surface area (Å²) >= 11 is 5.87. The Morgan fingerprint density at radius 2 is 1.78 bits per heavy atom. The topological polar surface area (TPSA) is 171 Å². The van der Waals surface area contributed by atoms with Gasteiger partial charge < -0.3 is 31.5 Å². The average molecular weight is 528 g/mol. The Labute approximate surface area is 219 Å². The molecule has 3 aliphatic heterocycles. The maximum atomic E-state index is 13.1. The van der Waals surface area contributed by atoms with Crippen LogP contribution in [0.25, 0.3) is 0 Å². The maximum Gasteiger partial charge on any atom is 0.280 e. The standard InChI is InChI=1S/C23H30ClN11O2/c1-33-8-10-34(11-9-33)15-3-2-14(12-27-15)21(37)35-6-4-23(5-7-35)13-28-22(32-23)31-20(36)16-18(25)30-19(26)17(24)29-16/h2-3,12H,4-11,13H2,1H3,(H4,25,26,30)(H2,28,31,32,36). The molecule has 1 spiro atoms. The summed E-state index contributed by atoms with van der Waals surface area (Å²) in [6.07, 6.45) is 3.04. The molecule has 5 rings (SSSR count). The van der Waals surface area contributed by atoms with E-state index in [-0.39, 0.29) is 33.9 Å². The van der Waals surface area contributed by atoms with Crippen LogP contribution in [0.2, 0.25) is 5.15 Å². The van der Waals surface area contributed by atoms with Crippen molar-refractivity contribution in [2.45, 2.75) is 18.4 Å². The molecule has 0 aromatic carbocycles. The lowest BCUT2D eigenvalue weighted by Gasteiger charge is -2.39. The molecule has 14 heteroatoms. The molecule has 196 valence electrons. The van der Waals surface area contributed by atoms with Gasteiger partial charge in [0.1, 0.15) is 5.82 Å². The van der Waals surface area contributed by atoms with Crippen molar-refractivity contribution in [3.8, 4) is 0 Å². The molecular weight excluding hydrogens is 498 g/mol. The van der Waals surface area contributed by atoms with E-state index in [9.17, 15) is 9.59 Å². The Balaban J connectivity index is 1.14. The molecule has 0 atom stereocenters. The highest BCUT2D eigenvalue weighted by molar-refractivity contribution is 6.31. The molecule has 37 heavy (non-hydrogen) atoms. The lowest BCUT2D eigenvalue weighted by molar-refractivity contribution is 0.0668. The van der Waals surface area contributed by atoms with Crippen LogP contribution in [0.15, 0.2) is 23.3 Å². The molecule has 2 fully saturated rings. The molecule has 13 nitrogen and oxygen atoms in total. The number of piperidine rings is 1. The van der Waals surface area contributed by atoms with Crippen molar-refractivity contribution in [3.05, 3.63) is 34.7 Å². The predicted molar refractivity (Wildman–Crippen MR) is 141 cm³/mol. The highest BCUT2D eigenvalue weighted by atomic mass is 35.5. The first-order valence-corrected chi connectivity index (χ1v) is 12.5. The third-order valence-corrected chi connectivity index (χ3v) is 7.38. The van der Waals surface area contributed by atoms with Crippen LogP contribution in [-0.2, 0) is 0 Å². The zero-order chi connectivity index (χ0) is 26.2. The number of amides is 2. The number of nitrogen functional groups attached to an aromatic ring is 2.